The van der Waals surface area contributed by atoms with Gasteiger partial charge in [0.2, 0.25) is 5.65 Å². The largest absolute Gasteiger partial charge is 0.497 e. The van der Waals surface area contributed by atoms with E-state index in [0.29, 0.717) is 0 Å². The van der Waals surface area contributed by atoms with Crippen LogP contribution in [0.5, 0.6) is 5.75 Å². The molecule has 108 valence electrons. The minimum absolute atomic E-state index is 0.739. The second-order valence-electron chi connectivity index (χ2n) is 4.94. The Balaban J connectivity index is 2.04. The summed E-state index contributed by atoms with van der Waals surface area (Å²) in [6.45, 7) is 3.96. The number of anilines is 2. The molecule has 0 aliphatic carbocycles. The molecule has 21 heavy (non-hydrogen) atoms. The summed E-state index contributed by atoms with van der Waals surface area (Å²) in [6, 6.07) is 9.74. The third-order valence-electron chi connectivity index (χ3n) is 3.36. The van der Waals surface area contributed by atoms with Crippen molar-refractivity contribution >= 4 is 17.3 Å². The molecule has 0 spiro atoms. The smallest absolute Gasteiger partial charge is 0.358 e. The first kappa shape index (κ1) is 13.4. The number of rotatable bonds is 3. The molecule has 0 bridgehead atoms. The molecule has 0 atom stereocenters. The lowest BCUT2D eigenvalue weighted by Crippen LogP contribution is -2.29. The topological polar surface area (TPSA) is 56.1 Å². The number of nitrogens with one attached hydrogen (secondary N) is 1. The lowest BCUT2D eigenvalue weighted by Gasteiger charge is -2.02. The second kappa shape index (κ2) is 5.05. The van der Waals surface area contributed by atoms with Crippen molar-refractivity contribution in [3.63, 3.8) is 0 Å². The van der Waals surface area contributed by atoms with E-state index < -0.39 is 0 Å². The van der Waals surface area contributed by atoms with E-state index in [1.807, 2.05) is 60.3 Å². The summed E-state index contributed by atoms with van der Waals surface area (Å²) in [4.78, 5) is 4.49. The fourth-order valence-electron chi connectivity index (χ4n) is 2.38. The highest BCUT2D eigenvalue weighted by Gasteiger charge is 2.18. The fourth-order valence-corrected chi connectivity index (χ4v) is 2.38. The number of methoxy groups -OCH3 is 1. The van der Waals surface area contributed by atoms with E-state index in [0.717, 1.165) is 34.6 Å². The molecule has 3 aromatic rings. The van der Waals surface area contributed by atoms with Crippen LogP contribution < -0.4 is 14.5 Å². The molecule has 6 heteroatoms. The predicted molar refractivity (Wildman–Crippen MR) is 79.9 cm³/mol. The van der Waals surface area contributed by atoms with Crippen LogP contribution in [0, 0.1) is 13.8 Å². The SMILES string of the molecule is COc1ccc(Nc2nn(C)c3cc(C)nc(C)[n+]23)cc1. The van der Waals surface area contributed by atoms with Gasteiger partial charge in [0, 0.05) is 13.0 Å². The maximum atomic E-state index is 5.16. The van der Waals surface area contributed by atoms with E-state index in [4.69, 9.17) is 4.74 Å². The van der Waals surface area contributed by atoms with Gasteiger partial charge in [0.25, 0.3) is 0 Å². The molecule has 3 rings (SSSR count). The van der Waals surface area contributed by atoms with Gasteiger partial charge in [-0.1, -0.05) is 0 Å². The maximum Gasteiger partial charge on any atom is 0.358 e. The minimum Gasteiger partial charge on any atom is -0.497 e. The predicted octanol–water partition coefficient (Wildman–Crippen LogP) is 1.92. The monoisotopic (exact) mass is 284 g/mol. The summed E-state index contributed by atoms with van der Waals surface area (Å²) in [6.07, 6.45) is 0. The number of nitrogens with zero attached hydrogens (tertiary/aromatic N) is 4. The van der Waals surface area contributed by atoms with E-state index in [1.54, 1.807) is 7.11 Å². The normalized spacial score (nSPS) is 10.9. The zero-order valence-electron chi connectivity index (χ0n) is 12.6. The Hall–Kier alpha value is -2.63. The van der Waals surface area contributed by atoms with Crippen LogP contribution in [0.1, 0.15) is 11.5 Å². The van der Waals surface area contributed by atoms with Crippen LogP contribution in [0.4, 0.5) is 11.6 Å². The van der Waals surface area contributed by atoms with Crippen LogP contribution in [-0.4, -0.2) is 21.9 Å². The number of fused-ring (bicyclic) bond motifs is 1. The molecular formula is C15H18N5O+. The third kappa shape index (κ3) is 2.40. The Kier molecular flexibility index (Phi) is 3.21. The van der Waals surface area contributed by atoms with Crippen molar-refractivity contribution in [3.8, 4) is 5.75 Å². The molecule has 0 unspecified atom stereocenters. The summed E-state index contributed by atoms with van der Waals surface area (Å²) in [7, 11) is 3.58. The number of hydrogen-bond donors (Lipinski definition) is 1. The lowest BCUT2D eigenvalue weighted by atomic mass is 10.3. The van der Waals surface area contributed by atoms with Gasteiger partial charge in [-0.2, -0.15) is 14.1 Å². The van der Waals surface area contributed by atoms with Gasteiger partial charge in [-0.05, 0) is 36.3 Å². The quantitative estimate of drug-likeness (QED) is 0.747. The average Bonchev–Trinajstić information content (AvgIpc) is 2.76. The van der Waals surface area contributed by atoms with Gasteiger partial charge >= 0.3 is 5.95 Å². The Morgan fingerprint density at radius 3 is 2.57 bits per heavy atom. The van der Waals surface area contributed by atoms with Crippen LogP contribution in [0.3, 0.4) is 0 Å². The Morgan fingerprint density at radius 2 is 1.90 bits per heavy atom. The van der Waals surface area contributed by atoms with Crippen molar-refractivity contribution < 1.29 is 9.14 Å². The molecule has 2 aromatic heterocycles. The van der Waals surface area contributed by atoms with Crippen molar-refractivity contribution in [1.82, 2.24) is 14.8 Å². The molecule has 0 saturated heterocycles. The highest BCUT2D eigenvalue weighted by atomic mass is 16.5. The van der Waals surface area contributed by atoms with Crippen LogP contribution in [-0.2, 0) is 7.05 Å². The summed E-state index contributed by atoms with van der Waals surface area (Å²) >= 11 is 0. The summed E-state index contributed by atoms with van der Waals surface area (Å²) in [5.74, 6) is 2.46. The van der Waals surface area contributed by atoms with Crippen molar-refractivity contribution in [2.45, 2.75) is 13.8 Å². The molecule has 0 amide bonds. The summed E-state index contributed by atoms with van der Waals surface area (Å²) < 4.78 is 9.00. The molecule has 0 radical (unpaired) electrons. The highest BCUT2D eigenvalue weighted by molar-refractivity contribution is 5.53. The average molecular weight is 284 g/mol. The van der Waals surface area contributed by atoms with Gasteiger partial charge < -0.3 is 4.74 Å². The van der Waals surface area contributed by atoms with Crippen molar-refractivity contribution in [3.05, 3.63) is 41.9 Å². The molecular weight excluding hydrogens is 266 g/mol. The molecule has 1 N–H and O–H groups in total. The number of benzene rings is 1. The minimum atomic E-state index is 0.739. The highest BCUT2D eigenvalue weighted by Crippen LogP contribution is 2.18. The lowest BCUT2D eigenvalue weighted by molar-refractivity contribution is -0.508. The van der Waals surface area contributed by atoms with Gasteiger partial charge in [0.15, 0.2) is 5.82 Å². The van der Waals surface area contributed by atoms with Crippen LogP contribution in [0.2, 0.25) is 0 Å². The van der Waals surface area contributed by atoms with Gasteiger partial charge in [-0.15, -0.1) is 0 Å². The van der Waals surface area contributed by atoms with Crippen LogP contribution in [0.15, 0.2) is 30.3 Å². The van der Waals surface area contributed by atoms with Crippen molar-refractivity contribution in [2.75, 3.05) is 12.4 Å². The fraction of sp³-hybridized carbons (Fsp3) is 0.267. The maximum absolute atomic E-state index is 5.16. The number of aryl methyl sites for hydroxylation is 3. The molecule has 0 aliphatic heterocycles. The second-order valence-corrected chi connectivity index (χ2v) is 4.94. The van der Waals surface area contributed by atoms with E-state index in [1.165, 1.54) is 0 Å². The Labute approximate surface area is 123 Å². The van der Waals surface area contributed by atoms with E-state index in [9.17, 15) is 0 Å². The van der Waals surface area contributed by atoms with E-state index >= 15 is 0 Å². The van der Waals surface area contributed by atoms with Crippen LogP contribution in [0.25, 0.3) is 5.65 Å². The van der Waals surface area contributed by atoms with Gasteiger partial charge in [0.1, 0.15) is 5.75 Å². The first-order chi connectivity index (χ1) is 10.1. The van der Waals surface area contributed by atoms with Gasteiger partial charge in [-0.3, -0.25) is 5.32 Å². The molecule has 0 saturated carbocycles. The zero-order valence-corrected chi connectivity index (χ0v) is 12.6. The number of aromatic nitrogens is 4. The third-order valence-corrected chi connectivity index (χ3v) is 3.36. The molecule has 6 nitrogen and oxygen atoms in total. The van der Waals surface area contributed by atoms with Gasteiger partial charge in [-0.25, -0.2) is 0 Å². The summed E-state index contributed by atoms with van der Waals surface area (Å²) in [5.41, 5.74) is 2.92. The standard InChI is InChI=1S/C15H18N5O/c1-10-9-14-19(3)18-15(20(14)11(2)16-10)17-12-5-7-13(21-4)8-6-12/h5-9H,1-4H3,(H,17,18)/q+1. The first-order valence-corrected chi connectivity index (χ1v) is 6.72. The Bertz CT molecular complexity index is 792. The zero-order chi connectivity index (χ0) is 15.0. The number of hydrogen-bond acceptors (Lipinski definition) is 4. The Morgan fingerprint density at radius 1 is 1.19 bits per heavy atom. The van der Waals surface area contributed by atoms with E-state index in [2.05, 4.69) is 15.4 Å². The molecule has 0 fully saturated rings. The molecule has 1 aromatic carbocycles. The van der Waals surface area contributed by atoms with Crippen molar-refractivity contribution in [1.29, 1.82) is 0 Å². The first-order valence-electron chi connectivity index (χ1n) is 6.72. The van der Waals surface area contributed by atoms with Gasteiger partial charge in [0.05, 0.1) is 25.5 Å². The molecule has 2 heterocycles. The van der Waals surface area contributed by atoms with Crippen LogP contribution >= 0.6 is 0 Å². The van der Waals surface area contributed by atoms with E-state index in [-0.39, 0.29) is 0 Å². The summed E-state index contributed by atoms with van der Waals surface area (Å²) in [5, 5.41) is 7.84. The molecule has 0 aliphatic rings. The van der Waals surface area contributed by atoms with Crippen molar-refractivity contribution in [2.24, 2.45) is 7.05 Å². The number of ether oxygens (including phenoxy) is 1.